The number of rotatable bonds is 4. The maximum Gasteiger partial charge on any atom is 0.337 e. The van der Waals surface area contributed by atoms with Crippen LogP contribution in [-0.2, 0) is 14.8 Å². The highest BCUT2D eigenvalue weighted by molar-refractivity contribution is 9.10. The maximum absolute atomic E-state index is 12.4. The Morgan fingerprint density at radius 2 is 2.05 bits per heavy atom. The summed E-state index contributed by atoms with van der Waals surface area (Å²) in [6.07, 6.45) is 1.52. The van der Waals surface area contributed by atoms with Crippen molar-refractivity contribution < 1.29 is 17.9 Å². The first-order chi connectivity index (χ1) is 9.94. The van der Waals surface area contributed by atoms with Crippen molar-refractivity contribution in [1.82, 2.24) is 10.0 Å². The van der Waals surface area contributed by atoms with E-state index in [0.29, 0.717) is 10.0 Å². The first-order valence-corrected chi connectivity index (χ1v) is 8.82. The lowest BCUT2D eigenvalue weighted by atomic mass is 10.1. The standard InChI is InChI=1S/C13H17BrN2O4S/c1-20-13(17)9-2-3-12(11(14)8-9)21(18,19)16-10-4-6-15-7-5-10/h2-3,8,10,15-16H,4-7H2,1H3. The zero-order valence-corrected chi connectivity index (χ0v) is 14.0. The first-order valence-electron chi connectivity index (χ1n) is 6.55. The van der Waals surface area contributed by atoms with E-state index in [0.717, 1.165) is 25.9 Å². The SMILES string of the molecule is COC(=O)c1ccc(S(=O)(=O)NC2CCNCC2)c(Br)c1. The summed E-state index contributed by atoms with van der Waals surface area (Å²) in [6.45, 7) is 1.60. The molecular formula is C13H17BrN2O4S. The number of hydrogen-bond donors (Lipinski definition) is 2. The molecule has 0 bridgehead atoms. The van der Waals surface area contributed by atoms with Crippen LogP contribution in [0.5, 0.6) is 0 Å². The van der Waals surface area contributed by atoms with Crippen LogP contribution in [0.2, 0.25) is 0 Å². The van der Waals surface area contributed by atoms with E-state index in [1.165, 1.54) is 25.3 Å². The fourth-order valence-corrected chi connectivity index (χ4v) is 4.57. The second kappa shape index (κ2) is 6.87. The molecule has 2 rings (SSSR count). The molecule has 8 heteroatoms. The molecule has 1 fully saturated rings. The van der Waals surface area contributed by atoms with E-state index in [1.54, 1.807) is 0 Å². The number of sulfonamides is 1. The molecule has 0 radical (unpaired) electrons. The van der Waals surface area contributed by atoms with Crippen molar-refractivity contribution >= 4 is 31.9 Å². The van der Waals surface area contributed by atoms with Gasteiger partial charge in [-0.1, -0.05) is 0 Å². The molecule has 116 valence electrons. The Labute approximate surface area is 132 Å². The van der Waals surface area contributed by atoms with Gasteiger partial charge in [0.25, 0.3) is 0 Å². The summed E-state index contributed by atoms with van der Waals surface area (Å²) in [5.74, 6) is -0.508. The molecule has 0 aromatic heterocycles. The van der Waals surface area contributed by atoms with Crippen molar-refractivity contribution in [3.05, 3.63) is 28.2 Å². The van der Waals surface area contributed by atoms with Crippen LogP contribution in [-0.4, -0.2) is 40.6 Å². The molecule has 1 aromatic rings. The average Bonchev–Trinajstić information content (AvgIpc) is 2.46. The molecule has 1 saturated heterocycles. The molecule has 0 atom stereocenters. The summed E-state index contributed by atoms with van der Waals surface area (Å²) >= 11 is 3.21. The quantitative estimate of drug-likeness (QED) is 0.772. The monoisotopic (exact) mass is 376 g/mol. The summed E-state index contributed by atoms with van der Waals surface area (Å²) in [6, 6.07) is 4.22. The molecule has 0 spiro atoms. The van der Waals surface area contributed by atoms with Gasteiger partial charge in [-0.25, -0.2) is 17.9 Å². The minimum Gasteiger partial charge on any atom is -0.465 e. The molecule has 6 nitrogen and oxygen atoms in total. The Hall–Kier alpha value is -0.960. The lowest BCUT2D eigenvalue weighted by molar-refractivity contribution is 0.0600. The minimum absolute atomic E-state index is 0.0663. The predicted molar refractivity (Wildman–Crippen MR) is 81.7 cm³/mol. The second-order valence-corrected chi connectivity index (χ2v) is 7.32. The number of hydrogen-bond acceptors (Lipinski definition) is 5. The summed E-state index contributed by atoms with van der Waals surface area (Å²) in [4.78, 5) is 11.5. The van der Waals surface area contributed by atoms with Crippen molar-refractivity contribution in [3.8, 4) is 0 Å². The van der Waals surface area contributed by atoms with Gasteiger partial charge >= 0.3 is 5.97 Å². The van der Waals surface area contributed by atoms with E-state index in [9.17, 15) is 13.2 Å². The molecule has 1 heterocycles. The van der Waals surface area contributed by atoms with Crippen molar-refractivity contribution in [2.75, 3.05) is 20.2 Å². The van der Waals surface area contributed by atoms with Gasteiger partial charge in [-0.3, -0.25) is 0 Å². The van der Waals surface area contributed by atoms with Crippen LogP contribution in [0.3, 0.4) is 0 Å². The van der Waals surface area contributed by atoms with Gasteiger partial charge in [-0.15, -0.1) is 0 Å². The summed E-state index contributed by atoms with van der Waals surface area (Å²) in [7, 11) is -2.34. The van der Waals surface area contributed by atoms with Gasteiger partial charge in [0.15, 0.2) is 0 Å². The van der Waals surface area contributed by atoms with E-state index in [-0.39, 0.29) is 10.9 Å². The second-order valence-electron chi connectivity index (χ2n) is 4.78. The topological polar surface area (TPSA) is 84.5 Å². The van der Waals surface area contributed by atoms with Crippen molar-refractivity contribution in [2.24, 2.45) is 0 Å². The minimum atomic E-state index is -3.62. The number of carbonyl (C=O) groups is 1. The molecule has 0 unspecified atom stereocenters. The van der Waals surface area contributed by atoms with Crippen molar-refractivity contribution in [1.29, 1.82) is 0 Å². The summed E-state index contributed by atoms with van der Waals surface area (Å²) in [5.41, 5.74) is 0.296. The number of nitrogens with one attached hydrogen (secondary N) is 2. The molecule has 1 aliphatic heterocycles. The summed E-state index contributed by atoms with van der Waals surface area (Å²) in [5, 5.41) is 3.18. The largest absolute Gasteiger partial charge is 0.465 e. The van der Waals surface area contributed by atoms with Crippen molar-refractivity contribution in [2.45, 2.75) is 23.8 Å². The molecule has 1 aromatic carbocycles. The van der Waals surface area contributed by atoms with Gasteiger partial charge in [0.05, 0.1) is 17.6 Å². The lowest BCUT2D eigenvalue weighted by Crippen LogP contribution is -2.42. The van der Waals surface area contributed by atoms with E-state index >= 15 is 0 Å². The van der Waals surface area contributed by atoms with E-state index < -0.39 is 16.0 Å². The van der Waals surface area contributed by atoms with Crippen molar-refractivity contribution in [3.63, 3.8) is 0 Å². The normalized spacial score (nSPS) is 16.7. The van der Waals surface area contributed by atoms with Crippen LogP contribution in [0.4, 0.5) is 0 Å². The molecule has 0 saturated carbocycles. The average molecular weight is 377 g/mol. The Bertz CT molecular complexity index is 627. The van der Waals surface area contributed by atoms with E-state index in [1.807, 2.05) is 0 Å². The number of carbonyl (C=O) groups excluding carboxylic acids is 1. The molecule has 0 aliphatic carbocycles. The van der Waals surface area contributed by atoms with Crippen LogP contribution < -0.4 is 10.0 Å². The molecule has 2 N–H and O–H groups in total. The fraction of sp³-hybridized carbons (Fsp3) is 0.462. The third-order valence-electron chi connectivity index (χ3n) is 3.30. The van der Waals surface area contributed by atoms with Crippen LogP contribution >= 0.6 is 15.9 Å². The van der Waals surface area contributed by atoms with Crippen LogP contribution in [0, 0.1) is 0 Å². The number of esters is 1. The number of piperidine rings is 1. The van der Waals surface area contributed by atoms with Gasteiger partial charge in [0.2, 0.25) is 10.0 Å². The third kappa shape index (κ3) is 4.03. The summed E-state index contributed by atoms with van der Waals surface area (Å²) < 4.78 is 32.4. The van der Waals surface area contributed by atoms with Crippen LogP contribution in [0.25, 0.3) is 0 Å². The van der Waals surface area contributed by atoms with Gasteiger partial charge < -0.3 is 10.1 Å². The third-order valence-corrected chi connectivity index (χ3v) is 5.80. The Balaban J connectivity index is 2.21. The Morgan fingerprint density at radius 3 is 2.62 bits per heavy atom. The van der Waals surface area contributed by atoms with Crippen LogP contribution in [0.15, 0.2) is 27.6 Å². The number of ether oxygens (including phenoxy) is 1. The zero-order chi connectivity index (χ0) is 15.5. The molecule has 21 heavy (non-hydrogen) atoms. The van der Waals surface area contributed by atoms with Crippen LogP contribution in [0.1, 0.15) is 23.2 Å². The fourth-order valence-electron chi connectivity index (χ4n) is 2.19. The number of halogens is 1. The van der Waals surface area contributed by atoms with Gasteiger partial charge in [0, 0.05) is 10.5 Å². The molecular weight excluding hydrogens is 360 g/mol. The van der Waals surface area contributed by atoms with Gasteiger partial charge in [-0.2, -0.15) is 0 Å². The zero-order valence-electron chi connectivity index (χ0n) is 11.6. The first kappa shape index (κ1) is 16.4. The Morgan fingerprint density at radius 1 is 1.38 bits per heavy atom. The highest BCUT2D eigenvalue weighted by atomic mass is 79.9. The highest BCUT2D eigenvalue weighted by Crippen LogP contribution is 2.24. The van der Waals surface area contributed by atoms with Gasteiger partial charge in [-0.05, 0) is 60.1 Å². The smallest absolute Gasteiger partial charge is 0.337 e. The highest BCUT2D eigenvalue weighted by Gasteiger charge is 2.24. The number of methoxy groups -OCH3 is 1. The predicted octanol–water partition coefficient (Wildman–Crippen LogP) is 1.27. The molecule has 1 aliphatic rings. The number of benzene rings is 1. The Kier molecular flexibility index (Phi) is 5.37. The van der Waals surface area contributed by atoms with E-state index in [4.69, 9.17) is 0 Å². The molecule has 0 amide bonds. The lowest BCUT2D eigenvalue weighted by Gasteiger charge is -2.23. The van der Waals surface area contributed by atoms with E-state index in [2.05, 4.69) is 30.7 Å². The maximum atomic E-state index is 12.4. The van der Waals surface area contributed by atoms with Gasteiger partial charge in [0.1, 0.15) is 0 Å².